The lowest BCUT2D eigenvalue weighted by molar-refractivity contribution is 0.250. The van der Waals surface area contributed by atoms with Crippen molar-refractivity contribution in [2.45, 2.75) is 39.8 Å². The predicted octanol–water partition coefficient (Wildman–Crippen LogP) is 3.51. The van der Waals surface area contributed by atoms with Crippen LogP contribution in [0.15, 0.2) is 35.5 Å². The topological polar surface area (TPSA) is 90.4 Å². The van der Waals surface area contributed by atoms with Crippen LogP contribution in [0, 0.1) is 6.92 Å². The summed E-state index contributed by atoms with van der Waals surface area (Å²) in [6.45, 7) is 7.34. The van der Waals surface area contributed by atoms with Crippen molar-refractivity contribution in [3.63, 3.8) is 0 Å². The van der Waals surface area contributed by atoms with Gasteiger partial charge < -0.3 is 21.3 Å². The SMILES string of the molecule is CN=C(NCCc1ncc(C)s1)NCc1ccc(NC(=O)NC(C)C)cc1.I. The van der Waals surface area contributed by atoms with Gasteiger partial charge in [0.2, 0.25) is 0 Å². The standard InChI is InChI=1S/C19H28N6OS.HI/c1-13(2)24-19(26)25-16-7-5-15(6-8-16)12-23-18(20-4)21-10-9-17-22-11-14(3)27-17;/h5-8,11,13H,9-10,12H2,1-4H3,(H2,20,21,23)(H2,24,25,26);1H. The van der Waals surface area contributed by atoms with Gasteiger partial charge >= 0.3 is 6.03 Å². The number of carbonyl (C=O) groups excluding carboxylic acids is 1. The smallest absolute Gasteiger partial charge is 0.319 e. The third-order valence-electron chi connectivity index (χ3n) is 3.62. The second-order valence-electron chi connectivity index (χ2n) is 6.42. The molecule has 0 radical (unpaired) electrons. The molecule has 1 aromatic carbocycles. The summed E-state index contributed by atoms with van der Waals surface area (Å²) in [6, 6.07) is 7.63. The zero-order chi connectivity index (χ0) is 19.6. The van der Waals surface area contributed by atoms with Crippen LogP contribution in [0.4, 0.5) is 10.5 Å². The number of amides is 2. The minimum absolute atomic E-state index is 0. The fourth-order valence-electron chi connectivity index (χ4n) is 2.35. The van der Waals surface area contributed by atoms with E-state index < -0.39 is 0 Å². The highest BCUT2D eigenvalue weighted by atomic mass is 127. The van der Waals surface area contributed by atoms with Crippen LogP contribution in [0.3, 0.4) is 0 Å². The number of benzene rings is 1. The zero-order valence-corrected chi connectivity index (χ0v) is 19.9. The van der Waals surface area contributed by atoms with Crippen molar-refractivity contribution in [3.05, 3.63) is 45.9 Å². The second-order valence-corrected chi connectivity index (χ2v) is 7.74. The summed E-state index contributed by atoms with van der Waals surface area (Å²) in [4.78, 5) is 21.5. The summed E-state index contributed by atoms with van der Waals surface area (Å²) < 4.78 is 0. The number of nitrogens with zero attached hydrogens (tertiary/aromatic N) is 2. The van der Waals surface area contributed by atoms with E-state index >= 15 is 0 Å². The van der Waals surface area contributed by atoms with Crippen molar-refractivity contribution in [2.75, 3.05) is 18.9 Å². The Morgan fingerprint density at radius 3 is 2.50 bits per heavy atom. The monoisotopic (exact) mass is 516 g/mol. The number of urea groups is 1. The lowest BCUT2D eigenvalue weighted by Gasteiger charge is -2.12. The summed E-state index contributed by atoms with van der Waals surface area (Å²) in [5, 5.41) is 13.3. The van der Waals surface area contributed by atoms with Gasteiger partial charge in [0.05, 0.1) is 5.01 Å². The number of hydrogen-bond donors (Lipinski definition) is 4. The molecule has 7 nitrogen and oxygen atoms in total. The average molecular weight is 516 g/mol. The van der Waals surface area contributed by atoms with Crippen LogP contribution in [0.25, 0.3) is 0 Å². The van der Waals surface area contributed by atoms with Gasteiger partial charge in [-0.15, -0.1) is 35.3 Å². The summed E-state index contributed by atoms with van der Waals surface area (Å²) in [5.74, 6) is 0.752. The summed E-state index contributed by atoms with van der Waals surface area (Å²) in [5.41, 5.74) is 1.86. The van der Waals surface area contributed by atoms with E-state index in [0.717, 1.165) is 35.2 Å². The maximum Gasteiger partial charge on any atom is 0.319 e. The van der Waals surface area contributed by atoms with Gasteiger partial charge in [0.15, 0.2) is 5.96 Å². The number of halogens is 1. The maximum atomic E-state index is 11.7. The molecule has 0 saturated carbocycles. The summed E-state index contributed by atoms with van der Waals surface area (Å²) in [7, 11) is 1.75. The van der Waals surface area contributed by atoms with Gasteiger partial charge in [-0.3, -0.25) is 4.99 Å². The van der Waals surface area contributed by atoms with Crippen molar-refractivity contribution in [1.82, 2.24) is 20.9 Å². The maximum absolute atomic E-state index is 11.7. The number of anilines is 1. The molecular weight excluding hydrogens is 487 g/mol. The van der Waals surface area contributed by atoms with Crippen molar-refractivity contribution >= 4 is 53.0 Å². The Bertz CT molecular complexity index is 760. The van der Waals surface area contributed by atoms with E-state index in [4.69, 9.17) is 0 Å². The minimum Gasteiger partial charge on any atom is -0.356 e. The van der Waals surface area contributed by atoms with E-state index in [0.29, 0.717) is 6.54 Å². The Kier molecular flexibility index (Phi) is 10.8. The molecule has 2 rings (SSSR count). The molecule has 2 aromatic rings. The number of nitrogens with one attached hydrogen (secondary N) is 4. The van der Waals surface area contributed by atoms with Crippen LogP contribution in [-0.4, -0.2) is 36.6 Å². The Morgan fingerprint density at radius 2 is 1.93 bits per heavy atom. The first-order valence-corrected chi connectivity index (χ1v) is 9.80. The number of guanidine groups is 1. The molecule has 0 bridgehead atoms. The highest BCUT2D eigenvalue weighted by Crippen LogP contribution is 2.11. The van der Waals surface area contributed by atoms with Crippen LogP contribution >= 0.6 is 35.3 Å². The molecule has 2 amide bonds. The van der Waals surface area contributed by atoms with E-state index in [1.54, 1.807) is 18.4 Å². The quantitative estimate of drug-likeness (QED) is 0.258. The van der Waals surface area contributed by atoms with E-state index in [1.807, 2.05) is 44.3 Å². The molecule has 1 aromatic heterocycles. The number of rotatable bonds is 7. The fraction of sp³-hybridized carbons (Fsp3) is 0.421. The number of hydrogen-bond acceptors (Lipinski definition) is 4. The van der Waals surface area contributed by atoms with Gasteiger partial charge in [-0.2, -0.15) is 0 Å². The number of carbonyl (C=O) groups is 1. The number of aromatic nitrogens is 1. The van der Waals surface area contributed by atoms with Crippen LogP contribution in [-0.2, 0) is 13.0 Å². The molecular formula is C19H29IN6OS. The van der Waals surface area contributed by atoms with Crippen LogP contribution in [0.5, 0.6) is 0 Å². The van der Waals surface area contributed by atoms with E-state index in [9.17, 15) is 4.79 Å². The average Bonchev–Trinajstić information content (AvgIpc) is 3.03. The van der Waals surface area contributed by atoms with Gasteiger partial charge in [-0.1, -0.05) is 12.1 Å². The Hall–Kier alpha value is -1.88. The van der Waals surface area contributed by atoms with Gasteiger partial charge in [-0.05, 0) is 38.5 Å². The van der Waals surface area contributed by atoms with Crippen LogP contribution in [0.1, 0.15) is 29.3 Å². The second kappa shape index (κ2) is 12.6. The van der Waals surface area contributed by atoms with Gasteiger partial charge in [0, 0.05) is 49.4 Å². The molecule has 1 heterocycles. The summed E-state index contributed by atoms with van der Waals surface area (Å²) in [6.07, 6.45) is 2.77. The lowest BCUT2D eigenvalue weighted by Crippen LogP contribution is -2.37. The first kappa shape index (κ1) is 24.2. The van der Waals surface area contributed by atoms with Crippen LogP contribution < -0.4 is 21.3 Å². The molecule has 0 aliphatic carbocycles. The Morgan fingerprint density at radius 1 is 1.21 bits per heavy atom. The first-order valence-electron chi connectivity index (χ1n) is 8.98. The Labute approximate surface area is 187 Å². The van der Waals surface area contributed by atoms with Crippen molar-refractivity contribution < 1.29 is 4.79 Å². The Balaban J connectivity index is 0.00000392. The molecule has 0 atom stereocenters. The number of aryl methyl sites for hydroxylation is 1. The molecule has 0 saturated heterocycles. The number of thiazole rings is 1. The zero-order valence-electron chi connectivity index (χ0n) is 16.7. The molecule has 9 heteroatoms. The molecule has 28 heavy (non-hydrogen) atoms. The van der Waals surface area contributed by atoms with Gasteiger partial charge in [-0.25, -0.2) is 9.78 Å². The highest BCUT2D eigenvalue weighted by Gasteiger charge is 2.04. The van der Waals surface area contributed by atoms with Crippen LogP contribution in [0.2, 0.25) is 0 Å². The molecule has 0 fully saturated rings. The molecule has 0 aliphatic heterocycles. The highest BCUT2D eigenvalue weighted by molar-refractivity contribution is 14.0. The van der Waals surface area contributed by atoms with Crippen molar-refractivity contribution in [2.24, 2.45) is 4.99 Å². The largest absolute Gasteiger partial charge is 0.356 e. The minimum atomic E-state index is -0.198. The van der Waals surface area contributed by atoms with E-state index in [2.05, 4.69) is 38.2 Å². The predicted molar refractivity (Wildman–Crippen MR) is 128 cm³/mol. The molecule has 0 spiro atoms. The third-order valence-corrected chi connectivity index (χ3v) is 4.59. The van der Waals surface area contributed by atoms with Crippen molar-refractivity contribution in [1.29, 1.82) is 0 Å². The van der Waals surface area contributed by atoms with Gasteiger partial charge in [0.25, 0.3) is 0 Å². The molecule has 0 unspecified atom stereocenters. The molecule has 4 N–H and O–H groups in total. The van der Waals surface area contributed by atoms with E-state index in [-0.39, 0.29) is 36.0 Å². The summed E-state index contributed by atoms with van der Waals surface area (Å²) >= 11 is 1.72. The third kappa shape index (κ3) is 8.87. The lowest BCUT2D eigenvalue weighted by atomic mass is 10.2. The fourth-order valence-corrected chi connectivity index (χ4v) is 3.13. The number of aliphatic imine (C=N–C) groups is 1. The van der Waals surface area contributed by atoms with Gasteiger partial charge in [0.1, 0.15) is 0 Å². The first-order chi connectivity index (χ1) is 13.0. The normalized spacial score (nSPS) is 11.0. The molecule has 0 aliphatic rings. The van der Waals surface area contributed by atoms with E-state index in [1.165, 1.54) is 4.88 Å². The van der Waals surface area contributed by atoms with Crippen molar-refractivity contribution in [3.8, 4) is 0 Å². The molecule has 154 valence electrons.